The fraction of sp³-hybridized carbons (Fsp3) is 0.371. The normalized spacial score (nSPS) is 13.6. The van der Waals surface area contributed by atoms with Gasteiger partial charge in [-0.15, -0.1) is 23.5 Å². The van der Waals surface area contributed by atoms with Crippen LogP contribution in [0, 0.1) is 41.0 Å². The van der Waals surface area contributed by atoms with E-state index in [1.54, 1.807) is 37.7 Å². The number of carbonyl (C=O) groups is 4. The van der Waals surface area contributed by atoms with Gasteiger partial charge in [-0.3, -0.25) is 25.0 Å². The first-order chi connectivity index (χ1) is 23.9. The summed E-state index contributed by atoms with van der Waals surface area (Å²) in [6.07, 6.45) is 1.33. The quantitative estimate of drug-likeness (QED) is 0.0703. The first-order valence-electron chi connectivity index (χ1n) is 15.4. The van der Waals surface area contributed by atoms with Crippen LogP contribution in [0.4, 0.5) is 11.4 Å². The molecule has 0 radical (unpaired) electrons. The van der Waals surface area contributed by atoms with Crippen LogP contribution in [0.1, 0.15) is 80.5 Å². The number of hydrogen-bond acceptors (Lipinski definition) is 13. The van der Waals surface area contributed by atoms with E-state index in [2.05, 4.69) is 9.47 Å². The van der Waals surface area contributed by atoms with Crippen LogP contribution in [-0.2, 0) is 25.4 Å². The SMILES string of the molecule is CCC(C)Sc1cc(C)c(C(=O)OC)cc1[N+](=O)[O-].COC(=O)c1cc([N+](=O)[O-])c(Cl)cc1C.COC(=O)c1cc2c(cc1C)SC(C)C(=O)C2. The van der Waals surface area contributed by atoms with Crippen molar-refractivity contribution in [1.29, 1.82) is 0 Å². The van der Waals surface area contributed by atoms with Crippen LogP contribution in [-0.4, -0.2) is 65.4 Å². The molecule has 1 heterocycles. The van der Waals surface area contributed by atoms with Gasteiger partial charge in [0.1, 0.15) is 10.8 Å². The van der Waals surface area contributed by atoms with Gasteiger partial charge >= 0.3 is 17.9 Å². The summed E-state index contributed by atoms with van der Waals surface area (Å²) in [5.74, 6) is -1.31. The molecule has 1 aliphatic rings. The van der Waals surface area contributed by atoms with Crippen LogP contribution in [0.15, 0.2) is 46.2 Å². The summed E-state index contributed by atoms with van der Waals surface area (Å²) in [5.41, 5.74) is 3.64. The lowest BCUT2D eigenvalue weighted by Crippen LogP contribution is -2.21. The molecule has 0 aromatic heterocycles. The van der Waals surface area contributed by atoms with Gasteiger partial charge in [0, 0.05) is 28.7 Å². The standard InChI is InChI=1S/C13H17NO4S.C13H14O3S.C9H8ClNO4/c1-5-9(3)19-12-6-8(2)10(13(15)18-4)7-11(12)14(16)17;1-7-4-12-9(5-10(7)13(15)16-3)6-11(14)8(2)17-12;1-5-3-7(10)8(11(13)14)4-6(5)9(12)15-2/h6-7,9H,5H2,1-4H3;4-5,8H,6H2,1-3H3;3-4H,1-2H3. The van der Waals surface area contributed by atoms with E-state index in [1.807, 2.05) is 33.8 Å². The molecule has 51 heavy (non-hydrogen) atoms. The molecule has 0 bridgehead atoms. The number of aryl methyl sites for hydroxylation is 3. The Kier molecular flexibility index (Phi) is 16.1. The van der Waals surface area contributed by atoms with Crippen LogP contribution in [0.25, 0.3) is 0 Å². The maximum atomic E-state index is 11.7. The number of carbonyl (C=O) groups excluding carboxylic acids is 4. The number of nitro benzene ring substituents is 2. The van der Waals surface area contributed by atoms with Gasteiger partial charge in [0.25, 0.3) is 11.4 Å². The second-order valence-corrected chi connectivity index (χ2v) is 14.5. The van der Waals surface area contributed by atoms with Crippen molar-refractivity contribution in [2.24, 2.45) is 0 Å². The predicted molar refractivity (Wildman–Crippen MR) is 196 cm³/mol. The lowest BCUT2D eigenvalue weighted by Gasteiger charge is -2.21. The summed E-state index contributed by atoms with van der Waals surface area (Å²) >= 11 is 8.66. The van der Waals surface area contributed by atoms with Gasteiger partial charge in [-0.05, 0) is 80.6 Å². The Bertz CT molecular complexity index is 1850. The summed E-state index contributed by atoms with van der Waals surface area (Å²) in [7, 11) is 3.83. The zero-order chi connectivity index (χ0) is 38.7. The maximum Gasteiger partial charge on any atom is 0.338 e. The Balaban J connectivity index is 0.000000267. The molecule has 0 spiro atoms. The Labute approximate surface area is 309 Å². The van der Waals surface area contributed by atoms with Crippen molar-refractivity contribution in [3.8, 4) is 0 Å². The van der Waals surface area contributed by atoms with Crippen LogP contribution < -0.4 is 0 Å². The van der Waals surface area contributed by atoms with Crippen molar-refractivity contribution in [2.45, 2.75) is 74.7 Å². The van der Waals surface area contributed by atoms with E-state index in [9.17, 15) is 39.4 Å². The van der Waals surface area contributed by atoms with Gasteiger partial charge in [-0.1, -0.05) is 25.4 Å². The van der Waals surface area contributed by atoms with Crippen molar-refractivity contribution >= 4 is 70.2 Å². The predicted octanol–water partition coefficient (Wildman–Crippen LogP) is 8.31. The van der Waals surface area contributed by atoms with Gasteiger partial charge in [-0.25, -0.2) is 14.4 Å². The number of fused-ring (bicyclic) bond motifs is 1. The van der Waals surface area contributed by atoms with Crippen molar-refractivity contribution < 1.29 is 43.2 Å². The smallest absolute Gasteiger partial charge is 0.338 e. The topological polar surface area (TPSA) is 182 Å². The van der Waals surface area contributed by atoms with E-state index in [-0.39, 0.29) is 49.8 Å². The summed E-state index contributed by atoms with van der Waals surface area (Å²) in [6.45, 7) is 11.2. The van der Waals surface area contributed by atoms with Gasteiger partial charge in [0.15, 0.2) is 0 Å². The highest BCUT2D eigenvalue weighted by molar-refractivity contribution is 8.00. The number of ether oxygens (including phenoxy) is 3. The fourth-order valence-electron chi connectivity index (χ4n) is 4.56. The maximum absolute atomic E-state index is 11.7. The molecule has 2 unspecified atom stereocenters. The lowest BCUT2D eigenvalue weighted by molar-refractivity contribution is -0.387. The number of ketones is 1. The Morgan fingerprint density at radius 3 is 1.76 bits per heavy atom. The number of nitrogens with zero attached hydrogens (tertiary/aromatic N) is 2. The lowest BCUT2D eigenvalue weighted by atomic mass is 10.00. The summed E-state index contributed by atoms with van der Waals surface area (Å²) in [5, 5.41) is 22.0. The highest BCUT2D eigenvalue weighted by Crippen LogP contribution is 2.36. The molecule has 3 aromatic carbocycles. The van der Waals surface area contributed by atoms with Gasteiger partial charge in [0.2, 0.25) is 0 Å². The van der Waals surface area contributed by atoms with Crippen LogP contribution in [0.5, 0.6) is 0 Å². The highest BCUT2D eigenvalue weighted by atomic mass is 35.5. The summed E-state index contributed by atoms with van der Waals surface area (Å²) in [4.78, 5) is 68.2. The molecule has 1 aliphatic heterocycles. The summed E-state index contributed by atoms with van der Waals surface area (Å²) < 4.78 is 13.8. The number of thioether (sulfide) groups is 2. The molecule has 0 saturated carbocycles. The molecule has 13 nitrogen and oxygen atoms in total. The number of benzene rings is 3. The molecule has 0 fully saturated rings. The van der Waals surface area contributed by atoms with Crippen molar-refractivity contribution in [2.75, 3.05) is 21.3 Å². The molecule has 0 saturated heterocycles. The zero-order valence-electron chi connectivity index (χ0n) is 29.6. The van der Waals surface area contributed by atoms with E-state index in [0.29, 0.717) is 28.0 Å². The first-order valence-corrected chi connectivity index (χ1v) is 17.5. The molecule has 2 atom stereocenters. The van der Waals surface area contributed by atoms with E-state index in [4.69, 9.17) is 16.3 Å². The molecule has 4 rings (SSSR count). The Hall–Kier alpha value is -4.47. The zero-order valence-corrected chi connectivity index (χ0v) is 32.0. The third kappa shape index (κ3) is 11.3. The largest absolute Gasteiger partial charge is 0.465 e. The third-order valence-corrected chi connectivity index (χ3v) is 10.5. The first kappa shape index (κ1) is 42.7. The van der Waals surface area contributed by atoms with Gasteiger partial charge in [-0.2, -0.15) is 0 Å². The van der Waals surface area contributed by atoms with Crippen molar-refractivity contribution in [3.05, 3.63) is 101 Å². The number of methoxy groups -OCH3 is 3. The van der Waals surface area contributed by atoms with E-state index < -0.39 is 21.8 Å². The molecular formula is C35H39ClN2O11S2. The molecule has 0 amide bonds. The number of rotatable bonds is 8. The number of nitro groups is 2. The molecule has 16 heteroatoms. The van der Waals surface area contributed by atoms with Crippen LogP contribution in [0.2, 0.25) is 5.02 Å². The van der Waals surface area contributed by atoms with Crippen molar-refractivity contribution in [1.82, 2.24) is 0 Å². The number of esters is 3. The minimum absolute atomic E-state index is 0.00477. The minimum Gasteiger partial charge on any atom is -0.465 e. The van der Waals surface area contributed by atoms with E-state index in [0.717, 1.165) is 28.5 Å². The highest BCUT2D eigenvalue weighted by Gasteiger charge is 2.26. The Morgan fingerprint density at radius 2 is 1.29 bits per heavy atom. The molecule has 274 valence electrons. The minimum atomic E-state index is -0.645. The average molecular weight is 763 g/mol. The second kappa shape index (κ2) is 19.2. The summed E-state index contributed by atoms with van der Waals surface area (Å²) in [6, 6.07) is 9.21. The molecular weight excluding hydrogens is 724 g/mol. The van der Waals surface area contributed by atoms with Gasteiger partial charge < -0.3 is 14.2 Å². The number of halogens is 1. The second-order valence-electron chi connectivity index (χ2n) is 11.3. The van der Waals surface area contributed by atoms with E-state index in [1.165, 1.54) is 45.2 Å². The molecule has 3 aromatic rings. The third-order valence-electron chi connectivity index (χ3n) is 7.64. The van der Waals surface area contributed by atoms with Crippen LogP contribution >= 0.6 is 35.1 Å². The van der Waals surface area contributed by atoms with Crippen LogP contribution in [0.3, 0.4) is 0 Å². The monoisotopic (exact) mass is 762 g/mol. The fourth-order valence-corrected chi connectivity index (χ4v) is 7.07. The van der Waals surface area contributed by atoms with Gasteiger partial charge in [0.05, 0.1) is 58.0 Å². The number of hydrogen-bond donors (Lipinski definition) is 0. The number of Topliss-reactive ketones (excluding diaryl/α,β-unsaturated/α-hetero) is 1. The molecule has 0 N–H and O–H groups in total. The van der Waals surface area contributed by atoms with Crippen molar-refractivity contribution in [3.63, 3.8) is 0 Å². The molecule has 0 aliphatic carbocycles. The Morgan fingerprint density at radius 1 is 0.843 bits per heavy atom. The average Bonchev–Trinajstić information content (AvgIpc) is 3.08. The van der Waals surface area contributed by atoms with E-state index >= 15 is 0 Å².